The molecule has 0 unspecified atom stereocenters. The summed E-state index contributed by atoms with van der Waals surface area (Å²) in [5.74, 6) is 0. The minimum Gasteiger partial charge on any atom is -0.540 e. The van der Waals surface area contributed by atoms with Crippen LogP contribution in [0.25, 0.3) is 0 Å². The van der Waals surface area contributed by atoms with Crippen molar-refractivity contribution in [2.24, 2.45) is 4.99 Å². The van der Waals surface area contributed by atoms with E-state index >= 15 is 0 Å². The molecular weight excluding hydrogens is 87.1 g/mol. The van der Waals surface area contributed by atoms with Crippen LogP contribution in [0.4, 0.5) is 0 Å². The van der Waals surface area contributed by atoms with Crippen molar-refractivity contribution in [1.82, 2.24) is 0 Å². The molecule has 0 aromatic rings. The van der Waals surface area contributed by atoms with Gasteiger partial charge in [0.1, 0.15) is 0 Å². The Bertz CT molecular complexity index is 62.7. The van der Waals surface area contributed by atoms with Crippen LogP contribution in [0.1, 0.15) is 6.92 Å². The summed E-state index contributed by atoms with van der Waals surface area (Å²) in [6.07, 6.45) is 4.02. The second-order valence-corrected chi connectivity index (χ2v) is 0.684. The fourth-order valence-electron chi connectivity index (χ4n) is 0.111. The van der Waals surface area contributed by atoms with E-state index in [0.29, 0.717) is 0 Å². The van der Waals surface area contributed by atoms with Crippen LogP contribution in [0.5, 0.6) is 0 Å². The van der Waals surface area contributed by atoms with E-state index in [1.165, 1.54) is 0 Å². The standard InChI is InChI=1S/C4H5NO.Be/c1-2-5-3-4-6;/h3H2,1H3;/q-2;+2. The van der Waals surface area contributed by atoms with Gasteiger partial charge in [-0.2, -0.15) is 6.92 Å². The predicted molar refractivity (Wildman–Crippen MR) is 29.4 cm³/mol. The van der Waals surface area contributed by atoms with Crippen molar-refractivity contribution < 1.29 is 4.79 Å². The van der Waals surface area contributed by atoms with Crippen molar-refractivity contribution in [2.45, 2.75) is 6.92 Å². The van der Waals surface area contributed by atoms with Crippen LogP contribution in [0, 0.1) is 0 Å². The molecule has 34 valence electrons. The Labute approximate surface area is 46.9 Å². The van der Waals surface area contributed by atoms with Crippen molar-refractivity contribution in [3.63, 3.8) is 0 Å². The molecule has 0 atom stereocenters. The first kappa shape index (κ1) is 9.72. The summed E-state index contributed by atoms with van der Waals surface area (Å²) in [6, 6.07) is 0. The maximum atomic E-state index is 9.30. The second-order valence-electron chi connectivity index (χ2n) is 0.684. The number of rotatable bonds is 2. The molecule has 0 radical (unpaired) electrons. The van der Waals surface area contributed by atoms with Crippen LogP contribution < -0.4 is 0 Å². The van der Waals surface area contributed by atoms with Gasteiger partial charge < -0.3 is 16.0 Å². The van der Waals surface area contributed by atoms with E-state index < -0.39 is 0 Å². The third-order valence-electron chi connectivity index (χ3n) is 0.302. The Kier molecular flexibility index (Phi) is 12.6. The number of nitrogens with zero attached hydrogens (tertiary/aromatic N) is 1. The average Bonchev–Trinajstić information content (AvgIpc) is 1.61. The molecule has 0 heterocycles. The van der Waals surface area contributed by atoms with Gasteiger partial charge in [0.05, 0.1) is 0 Å². The topological polar surface area (TPSA) is 29.4 Å². The average molecular weight is 92.1 g/mol. The maximum Gasteiger partial charge on any atom is 2.00 e. The van der Waals surface area contributed by atoms with Crippen molar-refractivity contribution in [1.29, 1.82) is 0 Å². The first-order chi connectivity index (χ1) is 2.91. The molecule has 0 N–H and O–H groups in total. The van der Waals surface area contributed by atoms with Crippen molar-refractivity contribution >= 4 is 22.6 Å². The Morgan fingerprint density at radius 3 is 2.43 bits per heavy atom. The zero-order chi connectivity index (χ0) is 4.83. The summed E-state index contributed by atoms with van der Waals surface area (Å²) >= 11 is 0. The van der Waals surface area contributed by atoms with Gasteiger partial charge in [0.2, 0.25) is 0 Å². The van der Waals surface area contributed by atoms with E-state index in [1.54, 1.807) is 13.2 Å². The van der Waals surface area contributed by atoms with Gasteiger partial charge in [-0.05, 0) is 0 Å². The number of aliphatic imine (C=N–C) groups is 1. The molecule has 0 rings (SSSR count). The molecule has 7 heavy (non-hydrogen) atoms. The Morgan fingerprint density at radius 1 is 1.71 bits per heavy atom. The maximum absolute atomic E-state index is 9.30. The normalized spacial score (nSPS) is 8.14. The molecule has 0 aromatic heterocycles. The van der Waals surface area contributed by atoms with Crippen LogP contribution in [-0.2, 0) is 4.79 Å². The van der Waals surface area contributed by atoms with E-state index in [4.69, 9.17) is 0 Å². The molecule has 0 amide bonds. The van der Waals surface area contributed by atoms with Gasteiger partial charge in [-0.15, -0.1) is 0 Å². The zero-order valence-electron chi connectivity index (χ0n) is 4.27. The second kappa shape index (κ2) is 9.10. The number of hydrogen-bond acceptors (Lipinski definition) is 2. The fourth-order valence-corrected chi connectivity index (χ4v) is 0.111. The van der Waals surface area contributed by atoms with E-state index in [1.807, 2.05) is 0 Å². The van der Waals surface area contributed by atoms with Crippen LogP contribution in [0.3, 0.4) is 0 Å². The first-order valence-electron chi connectivity index (χ1n) is 1.60. The van der Waals surface area contributed by atoms with Crippen molar-refractivity contribution in [2.75, 3.05) is 6.54 Å². The van der Waals surface area contributed by atoms with Gasteiger partial charge in [0.25, 0.3) is 0 Å². The van der Waals surface area contributed by atoms with Gasteiger partial charge in [0, 0.05) is 0 Å². The van der Waals surface area contributed by atoms with E-state index in [0.717, 1.165) is 0 Å². The molecule has 0 saturated carbocycles. The first-order valence-corrected chi connectivity index (χ1v) is 1.60. The smallest absolute Gasteiger partial charge is 0.540 e. The molecule has 2 nitrogen and oxygen atoms in total. The number of carbonyl (C=O) groups excluding carboxylic acids is 1. The zero-order valence-corrected chi connectivity index (χ0v) is 4.27. The van der Waals surface area contributed by atoms with Gasteiger partial charge in [-0.25, -0.2) is 6.29 Å². The van der Waals surface area contributed by atoms with Crippen molar-refractivity contribution in [3.05, 3.63) is 0 Å². The van der Waals surface area contributed by atoms with E-state index in [-0.39, 0.29) is 16.7 Å². The van der Waals surface area contributed by atoms with Crippen LogP contribution in [0.2, 0.25) is 0 Å². The quantitative estimate of drug-likeness (QED) is 0.261. The van der Waals surface area contributed by atoms with Crippen LogP contribution in [0.15, 0.2) is 4.99 Å². The molecule has 0 aromatic carbocycles. The Balaban J connectivity index is 0. The molecule has 0 aliphatic heterocycles. The predicted octanol–water partition coefficient (Wildman–Crippen LogP) is -0.317. The largest absolute Gasteiger partial charge is 2.00 e. The summed E-state index contributed by atoms with van der Waals surface area (Å²) in [6.45, 7) is 1.76. The fraction of sp³-hybridized carbons (Fsp3) is 0.500. The molecule has 0 spiro atoms. The number of hydrogen-bond donors (Lipinski definition) is 0. The molecule has 0 aliphatic rings. The minimum absolute atomic E-state index is 0. The van der Waals surface area contributed by atoms with Crippen molar-refractivity contribution in [3.8, 4) is 0 Å². The molecule has 3 heteroatoms. The van der Waals surface area contributed by atoms with Gasteiger partial charge in [0.15, 0.2) is 0 Å². The van der Waals surface area contributed by atoms with Crippen LogP contribution >= 0.6 is 0 Å². The molecule has 0 bridgehead atoms. The third-order valence-corrected chi connectivity index (χ3v) is 0.302. The summed E-state index contributed by atoms with van der Waals surface area (Å²) in [5.41, 5.74) is 0. The summed E-state index contributed by atoms with van der Waals surface area (Å²) in [7, 11) is 0. The van der Waals surface area contributed by atoms with E-state index in [2.05, 4.69) is 11.2 Å². The Morgan fingerprint density at radius 2 is 2.29 bits per heavy atom. The minimum atomic E-state index is 0. The summed E-state index contributed by atoms with van der Waals surface area (Å²) < 4.78 is 0. The monoisotopic (exact) mass is 92.0 g/mol. The summed E-state index contributed by atoms with van der Waals surface area (Å²) in [5, 5.41) is 0. The molecule has 0 fully saturated rings. The molecule has 0 saturated heterocycles. The molecule has 0 aliphatic carbocycles. The van der Waals surface area contributed by atoms with Gasteiger partial charge in [-0.1, -0.05) is 6.54 Å². The van der Waals surface area contributed by atoms with Crippen LogP contribution in [-0.4, -0.2) is 29.2 Å². The SMILES string of the molecule is C[C-]=NC[C-]=O.[Be+2]. The third kappa shape index (κ3) is 10.8. The van der Waals surface area contributed by atoms with Gasteiger partial charge >= 0.3 is 10.1 Å². The Hall–Kier alpha value is -0.491. The summed E-state index contributed by atoms with van der Waals surface area (Å²) in [4.78, 5) is 12.7. The molecular formula is C4H5BeNO. The van der Waals surface area contributed by atoms with E-state index in [9.17, 15) is 4.79 Å². The van der Waals surface area contributed by atoms with Gasteiger partial charge in [-0.3, -0.25) is 0 Å².